The van der Waals surface area contributed by atoms with Crippen LogP contribution in [0, 0.1) is 0 Å². The Hall–Kier alpha value is -7.72. The fourth-order valence-corrected chi connectivity index (χ4v) is 11.6. The highest BCUT2D eigenvalue weighted by atomic mass is 32.1. The third-order valence-corrected chi connectivity index (χ3v) is 14.3. The minimum atomic E-state index is -0.510. The Morgan fingerprint density at radius 3 is 1.82 bits per heavy atom. The van der Waals surface area contributed by atoms with Crippen LogP contribution in [0.4, 0.5) is 17.1 Å². The molecule has 0 aliphatic heterocycles. The van der Waals surface area contributed by atoms with E-state index in [4.69, 9.17) is 4.42 Å². The lowest BCUT2D eigenvalue weighted by Gasteiger charge is -2.34. The first-order chi connectivity index (χ1) is 30.8. The predicted octanol–water partition coefficient (Wildman–Crippen LogP) is 16.6. The normalized spacial score (nSPS) is 13.0. The van der Waals surface area contributed by atoms with Crippen molar-refractivity contribution in [3.63, 3.8) is 0 Å². The summed E-state index contributed by atoms with van der Waals surface area (Å²) in [6.07, 6.45) is 0. The molecule has 1 aliphatic rings. The van der Waals surface area contributed by atoms with Gasteiger partial charge in [-0.15, -0.1) is 11.3 Å². The molecule has 0 amide bonds. The van der Waals surface area contributed by atoms with Gasteiger partial charge in [0, 0.05) is 58.8 Å². The molecule has 2 aromatic heterocycles. The minimum Gasteiger partial charge on any atom is -0.455 e. The monoisotopic (exact) mass is 807 g/mol. The van der Waals surface area contributed by atoms with Crippen molar-refractivity contribution in [3.8, 4) is 22.3 Å². The number of fused-ring (bicyclic) bond motifs is 11. The van der Waals surface area contributed by atoms with Gasteiger partial charge < -0.3 is 9.32 Å². The summed E-state index contributed by atoms with van der Waals surface area (Å²) >= 11 is 1.85. The first-order valence-corrected chi connectivity index (χ1v) is 22.1. The van der Waals surface area contributed by atoms with Crippen LogP contribution < -0.4 is 4.90 Å². The zero-order valence-electron chi connectivity index (χ0n) is 33.6. The van der Waals surface area contributed by atoms with Crippen molar-refractivity contribution < 1.29 is 4.42 Å². The third kappa shape index (κ3) is 5.03. The van der Waals surface area contributed by atoms with Gasteiger partial charge in [0.1, 0.15) is 11.2 Å². The summed E-state index contributed by atoms with van der Waals surface area (Å²) in [5.74, 6) is 0. The molecule has 0 saturated heterocycles. The van der Waals surface area contributed by atoms with E-state index in [2.05, 4.69) is 229 Å². The Morgan fingerprint density at radius 2 is 1.00 bits per heavy atom. The van der Waals surface area contributed by atoms with Crippen LogP contribution >= 0.6 is 11.3 Å². The van der Waals surface area contributed by atoms with E-state index in [1.165, 1.54) is 58.9 Å². The second-order valence-electron chi connectivity index (χ2n) is 16.3. The molecule has 0 saturated carbocycles. The van der Waals surface area contributed by atoms with Crippen LogP contribution in [-0.4, -0.2) is 0 Å². The predicted molar refractivity (Wildman–Crippen MR) is 262 cm³/mol. The van der Waals surface area contributed by atoms with Gasteiger partial charge in [-0.3, -0.25) is 0 Å². The molecular formula is C59H37NOS. The van der Waals surface area contributed by atoms with E-state index in [0.29, 0.717) is 0 Å². The summed E-state index contributed by atoms with van der Waals surface area (Å²) < 4.78 is 9.39. The molecule has 0 spiro atoms. The summed E-state index contributed by atoms with van der Waals surface area (Å²) in [6.45, 7) is 0. The highest BCUT2D eigenvalue weighted by molar-refractivity contribution is 7.25. The van der Waals surface area contributed by atoms with Crippen molar-refractivity contribution in [2.45, 2.75) is 5.41 Å². The summed E-state index contributed by atoms with van der Waals surface area (Å²) in [4.78, 5) is 2.48. The lowest BCUT2D eigenvalue weighted by molar-refractivity contribution is 0.674. The van der Waals surface area contributed by atoms with E-state index in [1.807, 2.05) is 11.3 Å². The van der Waals surface area contributed by atoms with E-state index >= 15 is 0 Å². The molecule has 12 aromatic rings. The van der Waals surface area contributed by atoms with E-state index in [-0.39, 0.29) is 0 Å². The number of thiophene rings is 1. The maximum Gasteiger partial charge on any atom is 0.143 e. The average molecular weight is 808 g/mol. The number of hydrogen-bond donors (Lipinski definition) is 0. The van der Waals surface area contributed by atoms with Crippen molar-refractivity contribution in [1.82, 2.24) is 0 Å². The van der Waals surface area contributed by atoms with Crippen molar-refractivity contribution >= 4 is 81.3 Å². The SMILES string of the molecule is c1ccc(C2(c3ccccc3)c3ccccc3-c3c(N(c4ccc(-c5cccc6c5oc5c7ccccc7ccc65)cc4)c4ccc5sc6ccccc6c5c4)cccc32)cc1. The molecule has 2 nitrogen and oxygen atoms in total. The standard InChI is InChI=1S/C59H37NOS/c1-3-16-40(17-4-1)59(41-18-5-2-6-19-41)51-25-11-9-22-49(51)56-52(59)26-14-27-53(56)60(43-34-36-55-50(37-43)46-21-10-12-28-54(46)62-55)42-32-29-39(30-33-42)45-23-13-24-47-48-35-31-38-15-7-8-20-44(38)58(48)61-57(45)47/h1-37H. The molecule has 62 heavy (non-hydrogen) atoms. The van der Waals surface area contributed by atoms with Crippen molar-refractivity contribution in [2.75, 3.05) is 4.90 Å². The maximum atomic E-state index is 6.80. The molecular weight excluding hydrogens is 771 g/mol. The van der Waals surface area contributed by atoms with Gasteiger partial charge in [-0.2, -0.15) is 0 Å². The quantitative estimate of drug-likeness (QED) is 0.166. The van der Waals surface area contributed by atoms with Crippen LogP contribution in [-0.2, 0) is 5.41 Å². The Balaban J connectivity index is 1.04. The number of furan rings is 1. The van der Waals surface area contributed by atoms with Crippen molar-refractivity contribution in [2.24, 2.45) is 0 Å². The Labute approximate surface area is 363 Å². The van der Waals surface area contributed by atoms with E-state index in [9.17, 15) is 0 Å². The number of para-hydroxylation sites is 1. The van der Waals surface area contributed by atoms with Gasteiger partial charge in [-0.05, 0) is 87.3 Å². The average Bonchev–Trinajstić information content (AvgIpc) is 4.01. The Bertz CT molecular complexity index is 3650. The molecule has 0 atom stereocenters. The third-order valence-electron chi connectivity index (χ3n) is 13.1. The fraction of sp³-hybridized carbons (Fsp3) is 0.0169. The summed E-state index contributed by atoms with van der Waals surface area (Å²) in [7, 11) is 0. The first kappa shape index (κ1) is 35.1. The highest BCUT2D eigenvalue weighted by Gasteiger charge is 2.47. The van der Waals surface area contributed by atoms with Crippen LogP contribution in [0.5, 0.6) is 0 Å². The Kier molecular flexibility index (Phi) is 7.72. The van der Waals surface area contributed by atoms with Crippen LogP contribution in [0.25, 0.3) is 75.1 Å². The van der Waals surface area contributed by atoms with Gasteiger partial charge >= 0.3 is 0 Å². The highest BCUT2D eigenvalue weighted by Crippen LogP contribution is 2.59. The molecule has 10 aromatic carbocycles. The molecule has 0 unspecified atom stereocenters. The molecule has 0 fully saturated rings. The van der Waals surface area contributed by atoms with Gasteiger partial charge in [0.25, 0.3) is 0 Å². The molecule has 290 valence electrons. The van der Waals surface area contributed by atoms with Gasteiger partial charge in [-0.1, -0.05) is 176 Å². The summed E-state index contributed by atoms with van der Waals surface area (Å²) in [5, 5.41) is 7.13. The lowest BCUT2D eigenvalue weighted by atomic mass is 9.68. The maximum absolute atomic E-state index is 6.80. The number of nitrogens with zero attached hydrogens (tertiary/aromatic N) is 1. The second kappa shape index (κ2) is 13.7. The van der Waals surface area contributed by atoms with Crippen LogP contribution in [0.3, 0.4) is 0 Å². The minimum absolute atomic E-state index is 0.510. The molecule has 13 rings (SSSR count). The largest absolute Gasteiger partial charge is 0.455 e. The Morgan fingerprint density at radius 1 is 0.387 bits per heavy atom. The van der Waals surface area contributed by atoms with Crippen molar-refractivity contribution in [3.05, 3.63) is 247 Å². The van der Waals surface area contributed by atoms with Crippen LogP contribution in [0.15, 0.2) is 229 Å². The van der Waals surface area contributed by atoms with Gasteiger partial charge in [0.2, 0.25) is 0 Å². The fourth-order valence-electron chi connectivity index (χ4n) is 10.5. The van der Waals surface area contributed by atoms with E-state index in [1.54, 1.807) is 0 Å². The number of benzene rings is 10. The number of hydrogen-bond acceptors (Lipinski definition) is 3. The van der Waals surface area contributed by atoms with Gasteiger partial charge in [0.05, 0.1) is 11.1 Å². The molecule has 2 heterocycles. The lowest BCUT2D eigenvalue weighted by Crippen LogP contribution is -2.28. The van der Waals surface area contributed by atoms with E-state index < -0.39 is 5.41 Å². The second-order valence-corrected chi connectivity index (χ2v) is 17.4. The first-order valence-electron chi connectivity index (χ1n) is 21.2. The smallest absolute Gasteiger partial charge is 0.143 e. The molecule has 0 N–H and O–H groups in total. The number of anilines is 3. The zero-order chi connectivity index (χ0) is 40.8. The molecule has 1 aliphatic carbocycles. The van der Waals surface area contributed by atoms with Crippen molar-refractivity contribution in [1.29, 1.82) is 0 Å². The number of rotatable bonds is 6. The van der Waals surface area contributed by atoms with Gasteiger partial charge in [-0.25, -0.2) is 0 Å². The summed E-state index contributed by atoms with van der Waals surface area (Å²) in [6, 6.07) is 82.3. The molecule has 0 bridgehead atoms. The van der Waals surface area contributed by atoms with Crippen LogP contribution in [0.1, 0.15) is 22.3 Å². The summed E-state index contributed by atoms with van der Waals surface area (Å²) in [5.41, 5.74) is 14.4. The molecule has 3 heteroatoms. The van der Waals surface area contributed by atoms with Crippen LogP contribution in [0.2, 0.25) is 0 Å². The molecule has 0 radical (unpaired) electrons. The topological polar surface area (TPSA) is 16.4 Å². The zero-order valence-corrected chi connectivity index (χ0v) is 34.4. The van der Waals surface area contributed by atoms with Gasteiger partial charge in [0.15, 0.2) is 0 Å². The van der Waals surface area contributed by atoms with E-state index in [0.717, 1.165) is 55.5 Å².